The molecule has 122 valence electrons. The van der Waals surface area contributed by atoms with Gasteiger partial charge in [0.15, 0.2) is 5.76 Å². The second kappa shape index (κ2) is 6.23. The van der Waals surface area contributed by atoms with Crippen LogP contribution in [0.15, 0.2) is 59.7 Å². The Morgan fingerprint density at radius 3 is 3.25 bits per heavy atom. The summed E-state index contributed by atoms with van der Waals surface area (Å²) in [5, 5.41) is 6.09. The van der Waals surface area contributed by atoms with E-state index in [2.05, 4.69) is 21.7 Å². The molecule has 3 aromatic heterocycles. The van der Waals surface area contributed by atoms with Crippen molar-refractivity contribution in [2.24, 2.45) is 0 Å². The molecule has 0 radical (unpaired) electrons. The van der Waals surface area contributed by atoms with Crippen molar-refractivity contribution in [3.63, 3.8) is 0 Å². The molecule has 24 heavy (non-hydrogen) atoms. The lowest BCUT2D eigenvalue weighted by atomic mass is 9.94. The maximum absolute atomic E-state index is 12.5. The molecule has 3 aromatic rings. The molecule has 1 aliphatic rings. The Balaban J connectivity index is 1.47. The van der Waals surface area contributed by atoms with E-state index >= 15 is 0 Å². The SMILES string of the molecule is O=C(NCc1ccn2ccnc2c1)c1occc1C1C=CNCC1. The highest BCUT2D eigenvalue weighted by Crippen LogP contribution is 2.27. The number of allylic oxidation sites excluding steroid dienone is 1. The Bertz CT molecular complexity index is 893. The summed E-state index contributed by atoms with van der Waals surface area (Å²) in [6, 6.07) is 5.80. The lowest BCUT2D eigenvalue weighted by Gasteiger charge is -2.17. The molecule has 0 aliphatic carbocycles. The third-order valence-electron chi connectivity index (χ3n) is 4.26. The predicted octanol–water partition coefficient (Wildman–Crippen LogP) is 2.45. The van der Waals surface area contributed by atoms with Gasteiger partial charge in [-0.15, -0.1) is 0 Å². The zero-order valence-electron chi connectivity index (χ0n) is 13.1. The van der Waals surface area contributed by atoms with Crippen LogP contribution in [-0.4, -0.2) is 21.8 Å². The maximum Gasteiger partial charge on any atom is 0.287 e. The van der Waals surface area contributed by atoms with Crippen LogP contribution in [0, 0.1) is 0 Å². The normalized spacial score (nSPS) is 16.9. The summed E-state index contributed by atoms with van der Waals surface area (Å²) < 4.78 is 7.37. The van der Waals surface area contributed by atoms with E-state index in [-0.39, 0.29) is 11.8 Å². The van der Waals surface area contributed by atoms with Gasteiger partial charge in [-0.25, -0.2) is 4.98 Å². The zero-order chi connectivity index (χ0) is 16.4. The molecule has 1 unspecified atom stereocenters. The van der Waals surface area contributed by atoms with E-state index in [1.165, 1.54) is 0 Å². The molecule has 1 atom stereocenters. The summed E-state index contributed by atoms with van der Waals surface area (Å²) in [7, 11) is 0. The number of furan rings is 1. The van der Waals surface area contributed by atoms with Crippen molar-refractivity contribution >= 4 is 11.6 Å². The number of fused-ring (bicyclic) bond motifs is 1. The number of hydrogen-bond acceptors (Lipinski definition) is 4. The first-order valence-electron chi connectivity index (χ1n) is 7.98. The monoisotopic (exact) mass is 322 g/mol. The Hall–Kier alpha value is -3.02. The van der Waals surface area contributed by atoms with Gasteiger partial charge >= 0.3 is 0 Å². The number of nitrogens with one attached hydrogen (secondary N) is 2. The van der Waals surface area contributed by atoms with Crippen LogP contribution in [0.3, 0.4) is 0 Å². The van der Waals surface area contributed by atoms with Gasteiger partial charge < -0.3 is 19.5 Å². The molecule has 0 bridgehead atoms. The van der Waals surface area contributed by atoms with Gasteiger partial charge in [0.25, 0.3) is 5.91 Å². The summed E-state index contributed by atoms with van der Waals surface area (Å²) in [6.45, 7) is 1.34. The van der Waals surface area contributed by atoms with Crippen molar-refractivity contribution < 1.29 is 9.21 Å². The fourth-order valence-corrected chi connectivity index (χ4v) is 2.98. The number of rotatable bonds is 4. The lowest BCUT2D eigenvalue weighted by Crippen LogP contribution is -2.24. The molecule has 4 heterocycles. The van der Waals surface area contributed by atoms with Crippen molar-refractivity contribution in [2.75, 3.05) is 6.54 Å². The Morgan fingerprint density at radius 1 is 1.42 bits per heavy atom. The van der Waals surface area contributed by atoms with Gasteiger partial charge in [-0.3, -0.25) is 4.79 Å². The highest BCUT2D eigenvalue weighted by atomic mass is 16.3. The van der Waals surface area contributed by atoms with Crippen LogP contribution in [0.2, 0.25) is 0 Å². The number of hydrogen-bond donors (Lipinski definition) is 2. The van der Waals surface area contributed by atoms with Gasteiger partial charge in [0, 0.05) is 43.2 Å². The molecule has 4 rings (SSSR count). The molecule has 1 aliphatic heterocycles. The molecule has 6 heteroatoms. The van der Waals surface area contributed by atoms with Crippen LogP contribution < -0.4 is 10.6 Å². The molecule has 0 spiro atoms. The first-order valence-corrected chi connectivity index (χ1v) is 7.98. The van der Waals surface area contributed by atoms with Crippen molar-refractivity contribution in [3.05, 3.63) is 72.2 Å². The molecule has 1 amide bonds. The summed E-state index contributed by atoms with van der Waals surface area (Å²) in [5.41, 5.74) is 2.80. The summed E-state index contributed by atoms with van der Waals surface area (Å²) in [6.07, 6.45) is 12.1. The highest BCUT2D eigenvalue weighted by Gasteiger charge is 2.21. The molecule has 2 N–H and O–H groups in total. The number of carbonyl (C=O) groups excluding carboxylic acids is 1. The highest BCUT2D eigenvalue weighted by molar-refractivity contribution is 5.93. The molecular weight excluding hydrogens is 304 g/mol. The van der Waals surface area contributed by atoms with Crippen LogP contribution in [0.5, 0.6) is 0 Å². The third-order valence-corrected chi connectivity index (χ3v) is 4.26. The van der Waals surface area contributed by atoms with Crippen molar-refractivity contribution in [3.8, 4) is 0 Å². The molecule has 0 aromatic carbocycles. The first kappa shape index (κ1) is 14.6. The van der Waals surface area contributed by atoms with Crippen LogP contribution in [-0.2, 0) is 6.54 Å². The van der Waals surface area contributed by atoms with Gasteiger partial charge in [-0.2, -0.15) is 0 Å². The quantitative estimate of drug-likeness (QED) is 0.774. The lowest BCUT2D eigenvalue weighted by molar-refractivity contribution is 0.0921. The summed E-state index contributed by atoms with van der Waals surface area (Å²) in [5.74, 6) is 0.422. The van der Waals surface area contributed by atoms with Gasteiger partial charge in [0.1, 0.15) is 5.65 Å². The standard InChI is InChI=1S/C18H18N4O2/c23-18(17-15(4-10-24-17)14-1-5-19-6-2-14)21-12-13-3-8-22-9-7-20-16(22)11-13/h1,3-5,7-11,14,19H,2,6,12H2,(H,21,23). The second-order valence-corrected chi connectivity index (χ2v) is 5.82. The van der Waals surface area contributed by atoms with Crippen LogP contribution >= 0.6 is 0 Å². The molecule has 6 nitrogen and oxygen atoms in total. The maximum atomic E-state index is 12.5. The van der Waals surface area contributed by atoms with E-state index in [0.29, 0.717) is 12.3 Å². The average Bonchev–Trinajstić information content (AvgIpc) is 3.29. The number of amides is 1. The minimum Gasteiger partial charge on any atom is -0.459 e. The van der Waals surface area contributed by atoms with E-state index in [4.69, 9.17) is 4.42 Å². The Kier molecular flexibility index (Phi) is 3.78. The largest absolute Gasteiger partial charge is 0.459 e. The van der Waals surface area contributed by atoms with Gasteiger partial charge in [-0.1, -0.05) is 6.08 Å². The molecular formula is C18H18N4O2. The summed E-state index contributed by atoms with van der Waals surface area (Å²) >= 11 is 0. The van der Waals surface area contributed by atoms with Crippen LogP contribution in [0.25, 0.3) is 5.65 Å². The van der Waals surface area contributed by atoms with Gasteiger partial charge in [0.05, 0.1) is 6.26 Å². The Labute approximate surface area is 139 Å². The number of aromatic nitrogens is 2. The fraction of sp³-hybridized carbons (Fsp3) is 0.222. The fourth-order valence-electron chi connectivity index (χ4n) is 2.98. The smallest absolute Gasteiger partial charge is 0.287 e. The number of imidazole rings is 1. The van der Waals surface area contributed by atoms with Crippen molar-refractivity contribution in [1.29, 1.82) is 0 Å². The van der Waals surface area contributed by atoms with Gasteiger partial charge in [0.2, 0.25) is 0 Å². The number of pyridine rings is 1. The minimum atomic E-state index is -0.190. The zero-order valence-corrected chi connectivity index (χ0v) is 13.1. The van der Waals surface area contributed by atoms with Crippen molar-refractivity contribution in [2.45, 2.75) is 18.9 Å². The molecule has 0 saturated carbocycles. The molecule has 0 fully saturated rings. The Morgan fingerprint density at radius 2 is 2.38 bits per heavy atom. The average molecular weight is 322 g/mol. The first-order chi connectivity index (χ1) is 11.8. The topological polar surface area (TPSA) is 71.6 Å². The number of nitrogens with zero attached hydrogens (tertiary/aromatic N) is 2. The molecule has 0 saturated heterocycles. The summed E-state index contributed by atoms with van der Waals surface area (Å²) in [4.78, 5) is 16.7. The predicted molar refractivity (Wildman–Crippen MR) is 89.6 cm³/mol. The van der Waals surface area contributed by atoms with E-state index in [1.807, 2.05) is 41.2 Å². The second-order valence-electron chi connectivity index (χ2n) is 5.82. The third kappa shape index (κ3) is 2.78. The van der Waals surface area contributed by atoms with Gasteiger partial charge in [-0.05, 0) is 36.4 Å². The van der Waals surface area contributed by atoms with E-state index in [0.717, 1.165) is 29.7 Å². The van der Waals surface area contributed by atoms with Crippen LogP contribution in [0.4, 0.5) is 0 Å². The van der Waals surface area contributed by atoms with E-state index in [9.17, 15) is 4.79 Å². The number of carbonyl (C=O) groups is 1. The minimum absolute atomic E-state index is 0.190. The van der Waals surface area contributed by atoms with Crippen molar-refractivity contribution in [1.82, 2.24) is 20.0 Å². The van der Waals surface area contributed by atoms with E-state index < -0.39 is 0 Å². The van der Waals surface area contributed by atoms with E-state index in [1.54, 1.807) is 12.5 Å². The van der Waals surface area contributed by atoms with Crippen LogP contribution in [0.1, 0.15) is 34.0 Å².